The first-order valence-corrected chi connectivity index (χ1v) is 6.48. The fourth-order valence-corrected chi connectivity index (χ4v) is 2.12. The highest BCUT2D eigenvalue weighted by Crippen LogP contribution is 2.34. The number of halogens is 3. The number of ketones is 1. The van der Waals surface area contributed by atoms with E-state index in [2.05, 4.69) is 0 Å². The SMILES string of the molecule is CCCCC(=O)c1oc2cc(C(F)(F)F)ccc2c1C. The summed E-state index contributed by atoms with van der Waals surface area (Å²) in [6, 6.07) is 3.30. The molecule has 1 aromatic carbocycles. The molecule has 2 nitrogen and oxygen atoms in total. The minimum atomic E-state index is -4.42. The predicted molar refractivity (Wildman–Crippen MR) is 69.8 cm³/mol. The quantitative estimate of drug-likeness (QED) is 0.728. The van der Waals surface area contributed by atoms with Gasteiger partial charge < -0.3 is 4.42 Å². The molecule has 0 spiro atoms. The Morgan fingerprint density at radius 1 is 1.30 bits per heavy atom. The minimum Gasteiger partial charge on any atom is -0.453 e. The molecule has 0 N–H and O–H groups in total. The van der Waals surface area contributed by atoms with Crippen molar-refractivity contribution in [3.63, 3.8) is 0 Å². The summed E-state index contributed by atoms with van der Waals surface area (Å²) in [5, 5.41) is 0.554. The largest absolute Gasteiger partial charge is 0.453 e. The fourth-order valence-electron chi connectivity index (χ4n) is 2.12. The van der Waals surface area contributed by atoms with Crippen LogP contribution in [0.15, 0.2) is 22.6 Å². The Labute approximate surface area is 114 Å². The van der Waals surface area contributed by atoms with Crippen LogP contribution in [0.2, 0.25) is 0 Å². The third-order valence-electron chi connectivity index (χ3n) is 3.28. The van der Waals surface area contributed by atoms with Gasteiger partial charge in [0.15, 0.2) is 11.5 Å². The van der Waals surface area contributed by atoms with Gasteiger partial charge in [0.25, 0.3) is 0 Å². The molecule has 0 radical (unpaired) electrons. The monoisotopic (exact) mass is 284 g/mol. The lowest BCUT2D eigenvalue weighted by Crippen LogP contribution is -2.03. The molecule has 0 aliphatic heterocycles. The van der Waals surface area contributed by atoms with Crippen LogP contribution in [0, 0.1) is 6.92 Å². The van der Waals surface area contributed by atoms with Gasteiger partial charge in [0.2, 0.25) is 0 Å². The number of aryl methyl sites for hydroxylation is 1. The zero-order valence-electron chi connectivity index (χ0n) is 11.3. The van der Waals surface area contributed by atoms with Gasteiger partial charge in [-0.15, -0.1) is 0 Å². The van der Waals surface area contributed by atoms with E-state index in [4.69, 9.17) is 4.42 Å². The highest BCUT2D eigenvalue weighted by molar-refractivity contribution is 6.00. The Kier molecular flexibility index (Phi) is 3.88. The third-order valence-corrected chi connectivity index (χ3v) is 3.28. The number of hydrogen-bond acceptors (Lipinski definition) is 2. The van der Waals surface area contributed by atoms with E-state index in [1.54, 1.807) is 6.92 Å². The Balaban J connectivity index is 2.44. The van der Waals surface area contributed by atoms with Crippen molar-refractivity contribution in [1.82, 2.24) is 0 Å². The van der Waals surface area contributed by atoms with Crippen LogP contribution in [0.5, 0.6) is 0 Å². The van der Waals surface area contributed by atoms with Gasteiger partial charge in [0.1, 0.15) is 5.58 Å². The molecule has 0 unspecified atom stereocenters. The van der Waals surface area contributed by atoms with Crippen LogP contribution >= 0.6 is 0 Å². The van der Waals surface area contributed by atoms with E-state index in [9.17, 15) is 18.0 Å². The summed E-state index contributed by atoms with van der Waals surface area (Å²) in [5.74, 6) is 0.0156. The molecular formula is C15H15F3O2. The number of carbonyl (C=O) groups excluding carboxylic acids is 1. The fraction of sp³-hybridized carbons (Fsp3) is 0.400. The summed E-state index contributed by atoms with van der Waals surface area (Å²) in [6.07, 6.45) is -2.45. The summed E-state index contributed by atoms with van der Waals surface area (Å²) in [4.78, 5) is 12.0. The van der Waals surface area contributed by atoms with Crippen molar-refractivity contribution < 1.29 is 22.4 Å². The molecule has 0 saturated heterocycles. The van der Waals surface area contributed by atoms with Crippen molar-refractivity contribution in [2.75, 3.05) is 0 Å². The van der Waals surface area contributed by atoms with Crippen LogP contribution in [-0.2, 0) is 6.18 Å². The van der Waals surface area contributed by atoms with E-state index in [1.807, 2.05) is 6.92 Å². The lowest BCUT2D eigenvalue weighted by molar-refractivity contribution is -0.137. The second-order valence-electron chi connectivity index (χ2n) is 4.79. The molecule has 0 bridgehead atoms. The molecule has 0 saturated carbocycles. The average Bonchev–Trinajstić information content (AvgIpc) is 2.72. The van der Waals surface area contributed by atoms with Crippen molar-refractivity contribution >= 4 is 16.8 Å². The maximum Gasteiger partial charge on any atom is 0.416 e. The first-order chi connectivity index (χ1) is 9.34. The summed E-state index contributed by atoms with van der Waals surface area (Å²) >= 11 is 0. The molecule has 0 aliphatic carbocycles. The van der Waals surface area contributed by atoms with Gasteiger partial charge in [0.05, 0.1) is 5.56 Å². The van der Waals surface area contributed by atoms with Crippen LogP contribution in [0.4, 0.5) is 13.2 Å². The molecule has 0 amide bonds. The lowest BCUT2D eigenvalue weighted by Gasteiger charge is -2.05. The van der Waals surface area contributed by atoms with Gasteiger partial charge in [-0.25, -0.2) is 0 Å². The van der Waals surface area contributed by atoms with Gasteiger partial charge in [-0.2, -0.15) is 13.2 Å². The van der Waals surface area contributed by atoms with E-state index >= 15 is 0 Å². The number of carbonyl (C=O) groups is 1. The summed E-state index contributed by atoms with van der Waals surface area (Å²) < 4.78 is 43.3. The van der Waals surface area contributed by atoms with Gasteiger partial charge in [-0.3, -0.25) is 4.79 Å². The Hall–Kier alpha value is -1.78. The topological polar surface area (TPSA) is 30.2 Å². The molecule has 1 heterocycles. The summed E-state index contributed by atoms with van der Waals surface area (Å²) in [6.45, 7) is 3.66. The molecular weight excluding hydrogens is 269 g/mol. The first kappa shape index (κ1) is 14.6. The molecule has 2 aromatic rings. The number of hydrogen-bond donors (Lipinski definition) is 0. The smallest absolute Gasteiger partial charge is 0.416 e. The number of alkyl halides is 3. The van der Waals surface area contributed by atoms with Crippen molar-refractivity contribution in [2.45, 2.75) is 39.3 Å². The standard InChI is InChI=1S/C15H15F3O2/c1-3-4-5-12(19)14-9(2)11-7-6-10(15(16,17)18)8-13(11)20-14/h6-8H,3-5H2,1-2H3. The summed E-state index contributed by atoms with van der Waals surface area (Å²) in [7, 11) is 0. The number of unbranched alkanes of at least 4 members (excludes halogenated alkanes) is 1. The second-order valence-corrected chi connectivity index (χ2v) is 4.79. The van der Waals surface area contributed by atoms with Crippen LogP contribution in [0.3, 0.4) is 0 Å². The molecule has 5 heteroatoms. The van der Waals surface area contributed by atoms with Gasteiger partial charge in [-0.1, -0.05) is 19.4 Å². The van der Waals surface area contributed by atoms with Gasteiger partial charge in [0, 0.05) is 17.4 Å². The van der Waals surface area contributed by atoms with Crippen LogP contribution in [-0.4, -0.2) is 5.78 Å². The van der Waals surface area contributed by atoms with Gasteiger partial charge >= 0.3 is 6.18 Å². The van der Waals surface area contributed by atoms with E-state index in [-0.39, 0.29) is 17.1 Å². The maximum atomic E-state index is 12.6. The predicted octanol–water partition coefficient (Wildman–Crippen LogP) is 5.13. The van der Waals surface area contributed by atoms with Crippen molar-refractivity contribution in [2.24, 2.45) is 0 Å². The van der Waals surface area contributed by atoms with E-state index in [0.717, 1.165) is 25.0 Å². The number of furan rings is 1. The van der Waals surface area contributed by atoms with Crippen molar-refractivity contribution in [1.29, 1.82) is 0 Å². The number of rotatable bonds is 4. The van der Waals surface area contributed by atoms with Gasteiger partial charge in [-0.05, 0) is 25.5 Å². The molecule has 1 aromatic heterocycles. The maximum absolute atomic E-state index is 12.6. The normalized spacial score (nSPS) is 12.1. The summed E-state index contributed by atoms with van der Waals surface area (Å²) in [5.41, 5.74) is -0.0571. The number of fused-ring (bicyclic) bond motifs is 1. The van der Waals surface area contributed by atoms with E-state index < -0.39 is 11.7 Å². The zero-order chi connectivity index (χ0) is 14.9. The Morgan fingerprint density at radius 2 is 2.00 bits per heavy atom. The lowest BCUT2D eigenvalue weighted by atomic mass is 10.1. The average molecular weight is 284 g/mol. The first-order valence-electron chi connectivity index (χ1n) is 6.48. The Bertz CT molecular complexity index is 638. The van der Waals surface area contributed by atoms with E-state index in [0.29, 0.717) is 17.4 Å². The highest BCUT2D eigenvalue weighted by atomic mass is 19.4. The van der Waals surface area contributed by atoms with E-state index in [1.165, 1.54) is 6.07 Å². The third kappa shape index (κ3) is 2.71. The second kappa shape index (κ2) is 5.31. The number of Topliss-reactive ketones (excluding diaryl/α,β-unsaturated/α-hetero) is 1. The number of benzene rings is 1. The zero-order valence-corrected chi connectivity index (χ0v) is 11.3. The highest BCUT2D eigenvalue weighted by Gasteiger charge is 2.31. The molecule has 0 fully saturated rings. The molecule has 0 atom stereocenters. The minimum absolute atomic E-state index is 0.108. The molecule has 2 rings (SSSR count). The Morgan fingerprint density at radius 3 is 2.60 bits per heavy atom. The van der Waals surface area contributed by atoms with Crippen LogP contribution in [0.25, 0.3) is 11.0 Å². The van der Waals surface area contributed by atoms with Crippen LogP contribution < -0.4 is 0 Å². The van der Waals surface area contributed by atoms with Crippen LogP contribution in [0.1, 0.15) is 47.9 Å². The van der Waals surface area contributed by atoms with Crippen molar-refractivity contribution in [3.8, 4) is 0 Å². The van der Waals surface area contributed by atoms with Crippen molar-refractivity contribution in [3.05, 3.63) is 35.1 Å². The molecule has 20 heavy (non-hydrogen) atoms. The molecule has 108 valence electrons. The molecule has 0 aliphatic rings.